The first-order valence-corrected chi connectivity index (χ1v) is 5.37. The normalized spacial score (nSPS) is 22.5. The summed E-state index contributed by atoms with van der Waals surface area (Å²) in [5, 5.41) is 12.0. The molecule has 2 unspecified atom stereocenters. The molecule has 0 aliphatic carbocycles. The highest BCUT2D eigenvalue weighted by atomic mass is 16.5. The second-order valence-corrected chi connectivity index (χ2v) is 3.96. The van der Waals surface area contributed by atoms with Gasteiger partial charge in [0.05, 0.1) is 5.56 Å². The van der Waals surface area contributed by atoms with E-state index in [1.54, 1.807) is 48.7 Å². The van der Waals surface area contributed by atoms with Gasteiger partial charge in [-0.1, -0.05) is 18.2 Å². The SMILES string of the molecule is O=C1c2ccccc2[NH+]([O-])C1c1ccccn1. The molecule has 0 saturated carbocycles. The number of nitrogens with one attached hydrogen (secondary N) is 1. The lowest BCUT2D eigenvalue weighted by Crippen LogP contribution is -3.01. The molecular formula is C13H10N2O2. The number of fused-ring (bicyclic) bond motifs is 1. The zero-order chi connectivity index (χ0) is 11.8. The van der Waals surface area contributed by atoms with Crippen LogP contribution >= 0.6 is 0 Å². The van der Waals surface area contributed by atoms with E-state index in [2.05, 4.69) is 4.98 Å². The van der Waals surface area contributed by atoms with Crippen molar-refractivity contribution < 1.29 is 9.86 Å². The number of hydroxylamine groups is 1. The van der Waals surface area contributed by atoms with E-state index in [1.165, 1.54) is 0 Å². The molecule has 4 nitrogen and oxygen atoms in total. The van der Waals surface area contributed by atoms with Crippen molar-refractivity contribution >= 4 is 11.5 Å². The van der Waals surface area contributed by atoms with Gasteiger partial charge in [0.25, 0.3) is 0 Å². The molecule has 0 radical (unpaired) electrons. The van der Waals surface area contributed by atoms with Crippen molar-refractivity contribution in [2.24, 2.45) is 0 Å². The van der Waals surface area contributed by atoms with E-state index in [1.807, 2.05) is 0 Å². The van der Waals surface area contributed by atoms with E-state index in [4.69, 9.17) is 0 Å². The Hall–Kier alpha value is -2.04. The predicted octanol–water partition coefficient (Wildman–Crippen LogP) is 1.03. The molecule has 1 aromatic heterocycles. The molecule has 1 aliphatic heterocycles. The number of pyridine rings is 1. The van der Waals surface area contributed by atoms with Crippen molar-refractivity contribution in [3.05, 3.63) is 65.1 Å². The second-order valence-electron chi connectivity index (χ2n) is 3.96. The highest BCUT2D eigenvalue weighted by Gasteiger charge is 2.39. The zero-order valence-electron chi connectivity index (χ0n) is 8.96. The first-order valence-electron chi connectivity index (χ1n) is 5.37. The lowest BCUT2D eigenvalue weighted by atomic mass is 10.1. The van der Waals surface area contributed by atoms with Gasteiger partial charge in [0.1, 0.15) is 11.4 Å². The Kier molecular flexibility index (Phi) is 2.24. The minimum absolute atomic E-state index is 0.149. The number of nitrogens with zero attached hydrogens (tertiary/aromatic N) is 1. The van der Waals surface area contributed by atoms with Gasteiger partial charge < -0.3 is 10.3 Å². The number of carbonyl (C=O) groups is 1. The number of carbonyl (C=O) groups excluding carboxylic acids is 1. The monoisotopic (exact) mass is 226 g/mol. The van der Waals surface area contributed by atoms with Gasteiger partial charge in [0.15, 0.2) is 6.04 Å². The maximum atomic E-state index is 12.1. The smallest absolute Gasteiger partial charge is 0.233 e. The summed E-state index contributed by atoms with van der Waals surface area (Å²) in [6.07, 6.45) is 1.60. The summed E-state index contributed by atoms with van der Waals surface area (Å²) in [6.45, 7) is 0. The molecule has 0 bridgehead atoms. The largest absolute Gasteiger partial charge is 0.628 e. The highest BCUT2D eigenvalue weighted by molar-refractivity contribution is 6.05. The lowest BCUT2D eigenvalue weighted by molar-refractivity contribution is -0.797. The number of para-hydroxylation sites is 1. The number of rotatable bonds is 1. The standard InChI is InChI=1S/C13H10N2O2/c16-13-9-5-1-2-7-11(9)15(17)12(13)10-6-3-4-8-14-10/h1-8,12,15H. The fourth-order valence-corrected chi connectivity index (χ4v) is 2.16. The maximum absolute atomic E-state index is 12.1. The van der Waals surface area contributed by atoms with Crippen molar-refractivity contribution in [3.8, 4) is 0 Å². The van der Waals surface area contributed by atoms with Gasteiger partial charge in [-0.2, -0.15) is 0 Å². The minimum Gasteiger partial charge on any atom is -0.628 e. The predicted molar refractivity (Wildman–Crippen MR) is 61.7 cm³/mol. The fraction of sp³-hybridized carbons (Fsp3) is 0.0769. The van der Waals surface area contributed by atoms with Gasteiger partial charge in [0.2, 0.25) is 5.78 Å². The zero-order valence-corrected chi connectivity index (χ0v) is 8.96. The third kappa shape index (κ3) is 1.46. The van der Waals surface area contributed by atoms with Crippen LogP contribution in [0, 0.1) is 5.21 Å². The molecule has 1 aliphatic rings. The first-order chi connectivity index (χ1) is 8.29. The molecule has 3 rings (SSSR count). The number of quaternary nitrogens is 1. The van der Waals surface area contributed by atoms with Gasteiger partial charge >= 0.3 is 0 Å². The molecule has 2 heterocycles. The number of benzene rings is 1. The van der Waals surface area contributed by atoms with Crippen LogP contribution in [0.4, 0.5) is 5.69 Å². The van der Waals surface area contributed by atoms with Crippen LogP contribution in [0.3, 0.4) is 0 Å². The van der Waals surface area contributed by atoms with Crippen LogP contribution in [0.25, 0.3) is 0 Å². The summed E-state index contributed by atoms with van der Waals surface area (Å²) in [5.41, 5.74) is 1.54. The number of Topliss-reactive ketones (excluding diaryl/α,β-unsaturated/α-hetero) is 1. The maximum Gasteiger partial charge on any atom is 0.233 e. The molecule has 0 fully saturated rings. The van der Waals surface area contributed by atoms with Gasteiger partial charge in [-0.15, -0.1) is 0 Å². The second kappa shape index (κ2) is 3.76. The Morgan fingerprint density at radius 1 is 1.12 bits per heavy atom. The molecular weight excluding hydrogens is 216 g/mol. The van der Waals surface area contributed by atoms with Crippen molar-refractivity contribution in [3.63, 3.8) is 0 Å². The van der Waals surface area contributed by atoms with E-state index in [0.717, 1.165) is 0 Å². The highest BCUT2D eigenvalue weighted by Crippen LogP contribution is 2.26. The Morgan fingerprint density at radius 3 is 2.59 bits per heavy atom. The van der Waals surface area contributed by atoms with Crippen molar-refractivity contribution in [2.45, 2.75) is 6.04 Å². The van der Waals surface area contributed by atoms with E-state index in [-0.39, 0.29) is 10.8 Å². The Morgan fingerprint density at radius 2 is 1.88 bits per heavy atom. The van der Waals surface area contributed by atoms with Crippen LogP contribution in [0.15, 0.2) is 48.7 Å². The Labute approximate surface area is 98.1 Å². The van der Waals surface area contributed by atoms with Crippen LogP contribution in [0.1, 0.15) is 22.1 Å². The summed E-state index contributed by atoms with van der Waals surface area (Å²) < 4.78 is 0. The third-order valence-corrected chi connectivity index (χ3v) is 2.97. The summed E-state index contributed by atoms with van der Waals surface area (Å²) in [7, 11) is 0. The summed E-state index contributed by atoms with van der Waals surface area (Å²) in [6, 6.07) is 11.4. The van der Waals surface area contributed by atoms with E-state index >= 15 is 0 Å². The van der Waals surface area contributed by atoms with Crippen LogP contribution in [0.2, 0.25) is 0 Å². The van der Waals surface area contributed by atoms with Crippen LogP contribution in [-0.2, 0) is 0 Å². The topological polar surface area (TPSA) is 57.5 Å². The summed E-state index contributed by atoms with van der Waals surface area (Å²) in [5.74, 6) is -0.149. The summed E-state index contributed by atoms with van der Waals surface area (Å²) in [4.78, 5) is 16.2. The molecule has 0 amide bonds. The average Bonchev–Trinajstić information content (AvgIpc) is 2.64. The van der Waals surface area contributed by atoms with Crippen LogP contribution in [0.5, 0.6) is 0 Å². The van der Waals surface area contributed by atoms with Crippen molar-refractivity contribution in [1.82, 2.24) is 4.98 Å². The molecule has 0 saturated heterocycles. The van der Waals surface area contributed by atoms with Gasteiger partial charge in [-0.3, -0.25) is 9.78 Å². The number of aromatic nitrogens is 1. The van der Waals surface area contributed by atoms with E-state index in [9.17, 15) is 10.0 Å². The van der Waals surface area contributed by atoms with Crippen LogP contribution in [-0.4, -0.2) is 10.8 Å². The van der Waals surface area contributed by atoms with Crippen molar-refractivity contribution in [1.29, 1.82) is 0 Å². The number of hydrogen-bond donors (Lipinski definition) is 1. The summed E-state index contributed by atoms with van der Waals surface area (Å²) >= 11 is 0. The number of hydrogen-bond acceptors (Lipinski definition) is 3. The van der Waals surface area contributed by atoms with Crippen molar-refractivity contribution in [2.75, 3.05) is 0 Å². The van der Waals surface area contributed by atoms with E-state index < -0.39 is 6.04 Å². The Balaban J connectivity index is 2.10. The van der Waals surface area contributed by atoms with Gasteiger partial charge in [-0.05, 0) is 18.2 Å². The molecule has 4 heteroatoms. The molecule has 17 heavy (non-hydrogen) atoms. The molecule has 0 spiro atoms. The average molecular weight is 226 g/mol. The molecule has 2 atom stereocenters. The number of ketones is 1. The fourth-order valence-electron chi connectivity index (χ4n) is 2.16. The molecule has 2 aromatic rings. The lowest BCUT2D eigenvalue weighted by Gasteiger charge is -2.22. The van der Waals surface area contributed by atoms with Crippen LogP contribution < -0.4 is 5.06 Å². The minimum atomic E-state index is -0.756. The molecule has 84 valence electrons. The quantitative estimate of drug-likeness (QED) is 0.739. The first kappa shape index (κ1) is 10.1. The molecule has 1 aromatic carbocycles. The van der Waals surface area contributed by atoms with E-state index in [0.29, 0.717) is 16.9 Å². The molecule has 1 N–H and O–H groups in total. The third-order valence-electron chi connectivity index (χ3n) is 2.97. The Bertz CT molecular complexity index is 569. The van der Waals surface area contributed by atoms with Gasteiger partial charge in [-0.25, -0.2) is 0 Å². The van der Waals surface area contributed by atoms with Gasteiger partial charge in [0, 0.05) is 12.3 Å².